The highest BCUT2D eigenvalue weighted by Crippen LogP contribution is 2.24. The summed E-state index contributed by atoms with van der Waals surface area (Å²) in [5.41, 5.74) is 4.26. The molecule has 0 atom stereocenters. The van der Waals surface area contributed by atoms with Gasteiger partial charge in [0, 0.05) is 36.6 Å². The van der Waals surface area contributed by atoms with Crippen molar-refractivity contribution in [1.82, 2.24) is 28.8 Å². The average molecular weight is 483 g/mol. The summed E-state index contributed by atoms with van der Waals surface area (Å²) < 4.78 is 9.46. The third-order valence-electron chi connectivity index (χ3n) is 7.37. The van der Waals surface area contributed by atoms with Crippen molar-refractivity contribution in [1.29, 1.82) is 0 Å². The zero-order chi connectivity index (χ0) is 24.5. The number of furan rings is 1. The largest absolute Gasteiger partial charge is 0.467 e. The van der Waals surface area contributed by atoms with Crippen LogP contribution in [0.1, 0.15) is 35.7 Å². The summed E-state index contributed by atoms with van der Waals surface area (Å²) in [5.74, 6) is 2.55. The molecule has 0 unspecified atom stereocenters. The highest BCUT2D eigenvalue weighted by molar-refractivity contribution is 5.71. The number of imidazole rings is 1. The van der Waals surface area contributed by atoms with E-state index in [1.54, 1.807) is 16.9 Å². The third kappa shape index (κ3) is 4.44. The fraction of sp³-hybridized carbons (Fsp3) is 0.357. The van der Waals surface area contributed by atoms with E-state index >= 15 is 0 Å². The molecule has 184 valence electrons. The Kier molecular flexibility index (Phi) is 6.11. The van der Waals surface area contributed by atoms with Crippen molar-refractivity contribution in [2.75, 3.05) is 19.6 Å². The normalized spacial score (nSPS) is 15.2. The molecule has 8 nitrogen and oxygen atoms in total. The van der Waals surface area contributed by atoms with Crippen LogP contribution in [0, 0.1) is 12.8 Å². The van der Waals surface area contributed by atoms with Crippen LogP contribution in [0.2, 0.25) is 0 Å². The van der Waals surface area contributed by atoms with Crippen molar-refractivity contribution in [3.63, 3.8) is 0 Å². The van der Waals surface area contributed by atoms with Crippen molar-refractivity contribution in [3.8, 4) is 0 Å². The Labute approximate surface area is 209 Å². The Morgan fingerprint density at radius 3 is 2.78 bits per heavy atom. The molecule has 8 heteroatoms. The second-order valence-corrected chi connectivity index (χ2v) is 9.69. The van der Waals surface area contributed by atoms with Gasteiger partial charge in [0.05, 0.1) is 12.8 Å². The van der Waals surface area contributed by atoms with Gasteiger partial charge < -0.3 is 13.9 Å². The van der Waals surface area contributed by atoms with Gasteiger partial charge in [-0.05, 0) is 81.6 Å². The summed E-state index contributed by atoms with van der Waals surface area (Å²) in [7, 11) is 0. The predicted octanol–water partition coefficient (Wildman–Crippen LogP) is 3.89. The lowest BCUT2D eigenvalue weighted by atomic mass is 9.93. The molecule has 0 bridgehead atoms. The molecule has 1 fully saturated rings. The Morgan fingerprint density at radius 1 is 1.06 bits per heavy atom. The van der Waals surface area contributed by atoms with E-state index in [4.69, 9.17) is 9.40 Å². The Balaban J connectivity index is 1.11. The van der Waals surface area contributed by atoms with Crippen LogP contribution in [-0.4, -0.2) is 48.5 Å². The average Bonchev–Trinajstić information content (AvgIpc) is 3.53. The second kappa shape index (κ2) is 9.70. The molecule has 0 radical (unpaired) electrons. The molecule has 0 spiro atoms. The lowest BCUT2D eigenvalue weighted by Crippen LogP contribution is -2.37. The summed E-state index contributed by atoms with van der Waals surface area (Å²) in [6.07, 6.45) is 9.22. The number of piperidine rings is 1. The quantitative estimate of drug-likeness (QED) is 0.350. The van der Waals surface area contributed by atoms with Gasteiger partial charge in [-0.2, -0.15) is 0 Å². The summed E-state index contributed by atoms with van der Waals surface area (Å²) in [6.45, 7) is 5.53. The van der Waals surface area contributed by atoms with E-state index in [-0.39, 0.29) is 5.56 Å². The number of rotatable bonds is 7. The Bertz CT molecular complexity index is 1540. The number of aryl methyl sites for hydroxylation is 1. The maximum atomic E-state index is 13.0. The topological polar surface area (TPSA) is 81.5 Å². The molecule has 5 aromatic heterocycles. The number of likely N-dealkylation sites (tertiary alicyclic amines) is 1. The molecule has 1 saturated heterocycles. The zero-order valence-corrected chi connectivity index (χ0v) is 20.5. The van der Waals surface area contributed by atoms with Gasteiger partial charge in [-0.3, -0.25) is 9.20 Å². The van der Waals surface area contributed by atoms with Crippen LogP contribution in [-0.2, 0) is 19.4 Å². The second-order valence-electron chi connectivity index (χ2n) is 9.69. The lowest BCUT2D eigenvalue weighted by Gasteiger charge is -2.32. The summed E-state index contributed by atoms with van der Waals surface area (Å²) in [6, 6.07) is 13.5. The van der Waals surface area contributed by atoms with Crippen LogP contribution >= 0.6 is 0 Å². The first-order chi connectivity index (χ1) is 17.7. The van der Waals surface area contributed by atoms with Crippen molar-refractivity contribution in [3.05, 3.63) is 94.3 Å². The van der Waals surface area contributed by atoms with Crippen LogP contribution in [0.4, 0.5) is 0 Å². The van der Waals surface area contributed by atoms with Gasteiger partial charge in [0.25, 0.3) is 5.56 Å². The maximum absolute atomic E-state index is 13.0. The summed E-state index contributed by atoms with van der Waals surface area (Å²) in [4.78, 5) is 29.6. The molecule has 0 amide bonds. The monoisotopic (exact) mass is 482 g/mol. The van der Waals surface area contributed by atoms with Gasteiger partial charge in [-0.25, -0.2) is 15.0 Å². The molecule has 6 heterocycles. The molecule has 6 rings (SSSR count). The molecule has 0 aliphatic carbocycles. The number of pyridine rings is 2. The van der Waals surface area contributed by atoms with E-state index in [0.717, 1.165) is 79.3 Å². The fourth-order valence-electron chi connectivity index (χ4n) is 5.35. The van der Waals surface area contributed by atoms with Crippen LogP contribution < -0.4 is 5.56 Å². The van der Waals surface area contributed by atoms with E-state index in [1.165, 1.54) is 0 Å². The lowest BCUT2D eigenvalue weighted by molar-refractivity contribution is 0.184. The van der Waals surface area contributed by atoms with Gasteiger partial charge in [0.15, 0.2) is 5.65 Å². The van der Waals surface area contributed by atoms with Crippen LogP contribution in [0.3, 0.4) is 0 Å². The number of nitrogens with zero attached hydrogens (tertiary/aromatic N) is 6. The third-order valence-corrected chi connectivity index (χ3v) is 7.37. The maximum Gasteiger partial charge on any atom is 0.261 e. The standard InChI is InChI=1S/C28H30N6O2/c1-20-23(28(35)33-13-3-2-8-25(33)30-20)11-16-32-14-9-21(10-15-32)18-26-31-24-7-4-12-29-27(24)34(26)19-22-6-5-17-36-22/h2-8,12-13,17,21H,9-11,14-16,18-19H2,1H3. The fourth-order valence-corrected chi connectivity index (χ4v) is 5.35. The first-order valence-electron chi connectivity index (χ1n) is 12.7. The van der Waals surface area contributed by atoms with Gasteiger partial charge >= 0.3 is 0 Å². The summed E-state index contributed by atoms with van der Waals surface area (Å²) >= 11 is 0. The molecule has 0 saturated carbocycles. The van der Waals surface area contributed by atoms with E-state index in [1.807, 2.05) is 55.6 Å². The molecule has 0 aromatic carbocycles. The summed E-state index contributed by atoms with van der Waals surface area (Å²) in [5, 5.41) is 0. The molecule has 0 N–H and O–H groups in total. The molecule has 36 heavy (non-hydrogen) atoms. The molecule has 1 aliphatic heterocycles. The molecule has 5 aromatic rings. The van der Waals surface area contributed by atoms with E-state index < -0.39 is 0 Å². The smallest absolute Gasteiger partial charge is 0.261 e. The Hall–Kier alpha value is -3.78. The van der Waals surface area contributed by atoms with Gasteiger partial charge in [0.1, 0.15) is 22.7 Å². The highest BCUT2D eigenvalue weighted by Gasteiger charge is 2.23. The van der Waals surface area contributed by atoms with Crippen molar-refractivity contribution >= 4 is 16.8 Å². The zero-order valence-electron chi connectivity index (χ0n) is 20.5. The predicted molar refractivity (Wildman–Crippen MR) is 138 cm³/mol. The number of aromatic nitrogens is 5. The van der Waals surface area contributed by atoms with Crippen molar-refractivity contribution in [2.24, 2.45) is 5.92 Å². The van der Waals surface area contributed by atoms with E-state index in [2.05, 4.69) is 19.4 Å². The number of hydrogen-bond acceptors (Lipinski definition) is 6. The minimum absolute atomic E-state index is 0.0528. The van der Waals surface area contributed by atoms with Gasteiger partial charge in [0.2, 0.25) is 0 Å². The molecule has 1 aliphatic rings. The van der Waals surface area contributed by atoms with Crippen molar-refractivity contribution < 1.29 is 4.42 Å². The first kappa shape index (κ1) is 22.7. The minimum atomic E-state index is 0.0528. The van der Waals surface area contributed by atoms with Crippen LogP contribution in [0.5, 0.6) is 0 Å². The van der Waals surface area contributed by atoms with Gasteiger partial charge in [-0.1, -0.05) is 6.07 Å². The first-order valence-corrected chi connectivity index (χ1v) is 12.7. The van der Waals surface area contributed by atoms with Crippen LogP contribution in [0.15, 0.2) is 70.3 Å². The highest BCUT2D eigenvalue weighted by atomic mass is 16.3. The minimum Gasteiger partial charge on any atom is -0.467 e. The van der Waals surface area contributed by atoms with E-state index in [9.17, 15) is 4.79 Å². The molecular formula is C28H30N6O2. The SMILES string of the molecule is Cc1nc2ccccn2c(=O)c1CCN1CCC(Cc2nc3cccnc3n2Cc2ccco2)CC1. The van der Waals surface area contributed by atoms with Gasteiger partial charge in [-0.15, -0.1) is 0 Å². The van der Waals surface area contributed by atoms with Crippen molar-refractivity contribution in [2.45, 2.75) is 39.2 Å². The van der Waals surface area contributed by atoms with E-state index in [0.29, 0.717) is 18.1 Å². The number of hydrogen-bond donors (Lipinski definition) is 0. The van der Waals surface area contributed by atoms with Crippen LogP contribution in [0.25, 0.3) is 16.8 Å². The Morgan fingerprint density at radius 2 is 1.94 bits per heavy atom. The number of fused-ring (bicyclic) bond motifs is 2. The molecular weight excluding hydrogens is 452 g/mol.